The van der Waals surface area contributed by atoms with Gasteiger partial charge in [0, 0.05) is 32.5 Å². The van der Waals surface area contributed by atoms with E-state index in [0.717, 1.165) is 6.04 Å². The van der Waals surface area contributed by atoms with Crippen molar-refractivity contribution in [3.05, 3.63) is 58.5 Å². The first-order valence-corrected chi connectivity index (χ1v) is 15.1. The van der Waals surface area contributed by atoms with E-state index < -0.39 is 25.2 Å². The van der Waals surface area contributed by atoms with Gasteiger partial charge in [-0.05, 0) is 11.6 Å². The van der Waals surface area contributed by atoms with Crippen molar-refractivity contribution in [1.29, 1.82) is 0 Å². The first-order chi connectivity index (χ1) is 16.6. The minimum Gasteiger partial charge on any atom is -0.380 e. The largest absolute Gasteiger partial charge is 0.439 e. The van der Waals surface area contributed by atoms with Gasteiger partial charge in [-0.15, -0.1) is 0 Å². The highest BCUT2D eigenvalue weighted by Crippen LogP contribution is 2.34. The van der Waals surface area contributed by atoms with Crippen LogP contribution in [0.1, 0.15) is 5.56 Å². The number of pyridine rings is 1. The molecule has 9 nitrogen and oxygen atoms in total. The van der Waals surface area contributed by atoms with Crippen LogP contribution in [-0.4, -0.2) is 52.7 Å². The van der Waals surface area contributed by atoms with Crippen LogP contribution in [0.15, 0.2) is 45.8 Å². The fourth-order valence-electron chi connectivity index (χ4n) is 3.95. The second kappa shape index (κ2) is 8.83. The maximum absolute atomic E-state index is 15.3. The normalized spacial score (nSPS) is 15.5. The second-order valence-electron chi connectivity index (χ2n) is 10.1. The summed E-state index contributed by atoms with van der Waals surface area (Å²) in [5.74, 6) is -0.992. The fourth-order valence-corrected chi connectivity index (χ4v) is 4.71. The number of H-pyrrole nitrogens is 1. The average molecular weight is 499 g/mol. The van der Waals surface area contributed by atoms with Crippen molar-refractivity contribution in [1.82, 2.24) is 19.7 Å². The van der Waals surface area contributed by atoms with E-state index in [1.807, 2.05) is 0 Å². The Hall–Kier alpha value is -3.12. The van der Waals surface area contributed by atoms with Gasteiger partial charge >= 0.3 is 5.76 Å². The van der Waals surface area contributed by atoms with Gasteiger partial charge in [-0.25, -0.2) is 14.2 Å². The summed E-state index contributed by atoms with van der Waals surface area (Å²) < 4.78 is 32.7. The van der Waals surface area contributed by atoms with Crippen molar-refractivity contribution >= 4 is 19.1 Å². The van der Waals surface area contributed by atoms with Gasteiger partial charge in [0.1, 0.15) is 23.5 Å². The predicted molar refractivity (Wildman–Crippen MR) is 130 cm³/mol. The molecule has 3 aromatic heterocycles. The van der Waals surface area contributed by atoms with E-state index in [0.29, 0.717) is 34.3 Å². The van der Waals surface area contributed by atoms with Crippen LogP contribution < -0.4 is 5.76 Å². The van der Waals surface area contributed by atoms with Crippen molar-refractivity contribution in [3.63, 3.8) is 0 Å². The molecule has 184 valence electrons. The lowest BCUT2D eigenvalue weighted by atomic mass is 9.91. The van der Waals surface area contributed by atoms with Gasteiger partial charge in [-0.1, -0.05) is 49.1 Å². The number of halogens is 1. The molecule has 1 fully saturated rings. The molecule has 1 aliphatic rings. The third-order valence-electron chi connectivity index (χ3n) is 6.10. The van der Waals surface area contributed by atoms with Gasteiger partial charge in [0.05, 0.1) is 24.3 Å². The third kappa shape index (κ3) is 4.72. The summed E-state index contributed by atoms with van der Waals surface area (Å²) in [7, 11) is -1.25. The lowest BCUT2D eigenvalue weighted by Gasteiger charge is -2.36. The summed E-state index contributed by atoms with van der Waals surface area (Å²) in [6, 6.07) is 9.34. The summed E-state index contributed by atoms with van der Waals surface area (Å²) in [6.07, 6.45) is 1.72. The molecule has 0 aliphatic carbocycles. The topological polar surface area (TPSA) is 115 Å². The molecule has 0 amide bonds. The van der Waals surface area contributed by atoms with E-state index in [1.165, 1.54) is 6.07 Å². The Kier molecular flexibility index (Phi) is 5.96. The molecule has 0 saturated carbocycles. The van der Waals surface area contributed by atoms with Gasteiger partial charge in [0.2, 0.25) is 0 Å². The molecule has 1 aromatic carbocycles. The second-order valence-corrected chi connectivity index (χ2v) is 15.7. The van der Waals surface area contributed by atoms with Gasteiger partial charge in [-0.3, -0.25) is 9.51 Å². The zero-order valence-electron chi connectivity index (χ0n) is 19.8. The highest BCUT2D eigenvalue weighted by molar-refractivity contribution is 6.76. The van der Waals surface area contributed by atoms with Crippen molar-refractivity contribution in [2.75, 3.05) is 19.8 Å². The Bertz CT molecular complexity index is 1420. The quantitative estimate of drug-likeness (QED) is 0.281. The van der Waals surface area contributed by atoms with Gasteiger partial charge in [-0.2, -0.15) is 0 Å². The number of hydrogen-bond acceptors (Lipinski definition) is 7. The monoisotopic (exact) mass is 498 g/mol. The van der Waals surface area contributed by atoms with Crippen LogP contribution in [0, 0.1) is 5.82 Å². The lowest BCUT2D eigenvalue weighted by molar-refractivity contribution is -0.184. The van der Waals surface area contributed by atoms with E-state index in [-0.39, 0.29) is 31.5 Å². The maximum Gasteiger partial charge on any atom is 0.439 e. The van der Waals surface area contributed by atoms with E-state index in [9.17, 15) is 9.90 Å². The van der Waals surface area contributed by atoms with Crippen LogP contribution in [0.2, 0.25) is 25.7 Å². The first kappa shape index (κ1) is 23.6. The Labute approximate surface area is 201 Å². The van der Waals surface area contributed by atoms with Crippen molar-refractivity contribution in [3.8, 4) is 22.6 Å². The van der Waals surface area contributed by atoms with Crippen molar-refractivity contribution in [2.45, 2.75) is 38.0 Å². The number of nitrogens with one attached hydrogen (secondary N) is 1. The third-order valence-corrected chi connectivity index (χ3v) is 7.81. The number of fused-ring (bicyclic) bond motifs is 1. The molecule has 0 radical (unpaired) electrons. The fraction of sp³-hybridized carbons (Fsp3) is 0.375. The molecular weight excluding hydrogens is 471 g/mol. The molecule has 2 N–H and O–H groups in total. The average Bonchev–Trinajstić information content (AvgIpc) is 3.37. The molecule has 1 aliphatic heterocycles. The lowest BCUT2D eigenvalue weighted by Crippen LogP contribution is -2.46. The van der Waals surface area contributed by atoms with E-state index in [1.54, 1.807) is 35.0 Å². The number of hydrogen-bond donors (Lipinski definition) is 2. The molecule has 4 heterocycles. The molecule has 0 atom stereocenters. The Morgan fingerprint density at radius 2 is 2.00 bits per heavy atom. The zero-order chi connectivity index (χ0) is 24.8. The summed E-state index contributed by atoms with van der Waals surface area (Å²) >= 11 is 0. The SMILES string of the molecule is C[Si](C)(C)CCOCn1cc(-c2noc(=O)[nH]2)c2nc(-c3ccc(C4(O)COC4)cc3)c(F)cc21. The Morgan fingerprint density at radius 1 is 1.26 bits per heavy atom. The summed E-state index contributed by atoms with van der Waals surface area (Å²) in [5, 5.41) is 14.3. The van der Waals surface area contributed by atoms with Crippen LogP contribution >= 0.6 is 0 Å². The van der Waals surface area contributed by atoms with Crippen molar-refractivity contribution < 1.29 is 23.5 Å². The maximum atomic E-state index is 15.3. The molecule has 35 heavy (non-hydrogen) atoms. The standard InChI is InChI=1S/C24H27FN4O5Si/c1-35(2,3)9-8-32-14-29-11-17(22-27-23(30)34-28-22)21-19(29)10-18(25)20(26-21)15-4-6-16(7-5-15)24(31)12-33-13-24/h4-7,10-11,31H,8-9,12-14H2,1-3H3,(H,27,28,30). The molecule has 11 heteroatoms. The molecule has 0 unspecified atom stereocenters. The molecule has 5 rings (SSSR count). The summed E-state index contributed by atoms with van der Waals surface area (Å²) in [5.41, 5.74) is 1.86. The number of nitrogens with zero attached hydrogens (tertiary/aromatic N) is 3. The van der Waals surface area contributed by atoms with Gasteiger partial charge < -0.3 is 19.1 Å². The summed E-state index contributed by atoms with van der Waals surface area (Å²) in [6.45, 7) is 8.09. The highest BCUT2D eigenvalue weighted by atomic mass is 28.3. The predicted octanol–water partition coefficient (Wildman–Crippen LogP) is 3.72. The minimum absolute atomic E-state index is 0.144. The first-order valence-electron chi connectivity index (χ1n) is 11.4. The molecule has 0 bridgehead atoms. The van der Waals surface area contributed by atoms with E-state index >= 15 is 4.39 Å². The molecule has 0 spiro atoms. The van der Waals surface area contributed by atoms with Crippen LogP contribution in [0.5, 0.6) is 0 Å². The molecular formula is C24H27FN4O5Si. The minimum atomic E-state index is -1.25. The number of aliphatic hydroxyl groups is 1. The van der Waals surface area contributed by atoms with Crippen LogP contribution in [0.4, 0.5) is 4.39 Å². The molecule has 1 saturated heterocycles. The Morgan fingerprint density at radius 3 is 2.60 bits per heavy atom. The van der Waals surface area contributed by atoms with Crippen LogP contribution in [-0.2, 0) is 21.8 Å². The zero-order valence-corrected chi connectivity index (χ0v) is 20.8. The number of aromatic amines is 1. The van der Waals surface area contributed by atoms with Crippen LogP contribution in [0.25, 0.3) is 33.7 Å². The van der Waals surface area contributed by atoms with Gasteiger partial charge in [0.15, 0.2) is 11.6 Å². The smallest absolute Gasteiger partial charge is 0.380 e. The Balaban J connectivity index is 1.52. The summed E-state index contributed by atoms with van der Waals surface area (Å²) in [4.78, 5) is 18.7. The highest BCUT2D eigenvalue weighted by Gasteiger charge is 2.37. The number of rotatable bonds is 8. The van der Waals surface area contributed by atoms with Crippen LogP contribution in [0.3, 0.4) is 0 Å². The van der Waals surface area contributed by atoms with E-state index in [2.05, 4.69) is 39.3 Å². The number of ether oxygens (including phenoxy) is 2. The number of benzene rings is 1. The molecule has 4 aromatic rings. The number of aromatic nitrogens is 4. The van der Waals surface area contributed by atoms with E-state index in [4.69, 9.17) is 9.47 Å². The van der Waals surface area contributed by atoms with Crippen molar-refractivity contribution in [2.24, 2.45) is 0 Å². The van der Waals surface area contributed by atoms with Gasteiger partial charge in [0.25, 0.3) is 0 Å².